The minimum absolute atomic E-state index is 0.0634. The third kappa shape index (κ3) is 6.50. The summed E-state index contributed by atoms with van der Waals surface area (Å²) in [5.41, 5.74) is 3.46. The Hall–Kier alpha value is -2.51. The zero-order valence-electron chi connectivity index (χ0n) is 19.3. The maximum atomic E-state index is 13.1. The van der Waals surface area contributed by atoms with Gasteiger partial charge >= 0.3 is 0 Å². The van der Waals surface area contributed by atoms with Crippen molar-refractivity contribution >= 4 is 29.3 Å². The number of methoxy groups -OCH3 is 1. The molecule has 2 N–H and O–H groups in total. The van der Waals surface area contributed by atoms with E-state index in [2.05, 4.69) is 27.7 Å². The first-order valence-corrected chi connectivity index (χ1v) is 12.2. The van der Waals surface area contributed by atoms with Crippen LogP contribution in [0.25, 0.3) is 0 Å². The molecule has 172 valence electrons. The van der Waals surface area contributed by atoms with Crippen molar-refractivity contribution in [3.63, 3.8) is 0 Å². The van der Waals surface area contributed by atoms with E-state index in [1.54, 1.807) is 31.4 Å². The third-order valence-corrected chi connectivity index (χ3v) is 6.60. The van der Waals surface area contributed by atoms with Gasteiger partial charge in [-0.1, -0.05) is 26.0 Å². The number of amides is 2. The highest BCUT2D eigenvalue weighted by molar-refractivity contribution is 7.99. The fourth-order valence-electron chi connectivity index (χ4n) is 3.63. The molecule has 0 aromatic heterocycles. The van der Waals surface area contributed by atoms with Crippen LogP contribution in [0.2, 0.25) is 0 Å². The number of carbonyl (C=O) groups excluding carboxylic acids is 2. The molecule has 1 aliphatic rings. The predicted octanol–water partition coefficient (Wildman–Crippen LogP) is 3.95. The summed E-state index contributed by atoms with van der Waals surface area (Å²) in [7, 11) is 1.58. The van der Waals surface area contributed by atoms with Crippen molar-refractivity contribution in [2.75, 3.05) is 37.0 Å². The van der Waals surface area contributed by atoms with Gasteiger partial charge in [0.25, 0.3) is 5.91 Å². The number of aryl methyl sites for hydroxylation is 1. The highest BCUT2D eigenvalue weighted by atomic mass is 32.2. The number of thioether (sulfide) groups is 1. The molecule has 1 heterocycles. The summed E-state index contributed by atoms with van der Waals surface area (Å²) in [6, 6.07) is 12.4. The lowest BCUT2D eigenvalue weighted by atomic mass is 10.0. The van der Waals surface area contributed by atoms with Crippen LogP contribution in [-0.4, -0.2) is 54.5 Å². The molecule has 2 aromatic carbocycles. The van der Waals surface area contributed by atoms with Gasteiger partial charge in [-0.3, -0.25) is 14.5 Å². The number of ether oxygens (including phenoxy) is 1. The Morgan fingerprint density at radius 1 is 1.09 bits per heavy atom. The van der Waals surface area contributed by atoms with Crippen molar-refractivity contribution in [2.24, 2.45) is 5.92 Å². The molecule has 0 radical (unpaired) electrons. The van der Waals surface area contributed by atoms with Crippen LogP contribution >= 0.6 is 11.8 Å². The van der Waals surface area contributed by atoms with Crippen LogP contribution in [0.5, 0.6) is 5.75 Å². The second-order valence-corrected chi connectivity index (χ2v) is 9.68. The summed E-state index contributed by atoms with van der Waals surface area (Å²) >= 11 is 1.99. The van der Waals surface area contributed by atoms with Gasteiger partial charge in [-0.25, -0.2) is 0 Å². The quantitative estimate of drug-likeness (QED) is 0.631. The van der Waals surface area contributed by atoms with Gasteiger partial charge in [-0.2, -0.15) is 11.8 Å². The first-order chi connectivity index (χ1) is 15.4. The number of rotatable bonds is 8. The van der Waals surface area contributed by atoms with Gasteiger partial charge in [0, 0.05) is 42.4 Å². The van der Waals surface area contributed by atoms with Gasteiger partial charge in [0.05, 0.1) is 7.11 Å². The molecule has 2 amide bonds. The maximum Gasteiger partial charge on any atom is 0.251 e. The number of nitrogens with zero attached hydrogens (tertiary/aromatic N) is 1. The number of hydrogen-bond acceptors (Lipinski definition) is 5. The lowest BCUT2D eigenvalue weighted by Gasteiger charge is -2.26. The van der Waals surface area contributed by atoms with E-state index >= 15 is 0 Å². The van der Waals surface area contributed by atoms with E-state index in [1.807, 2.05) is 38.6 Å². The van der Waals surface area contributed by atoms with Crippen molar-refractivity contribution < 1.29 is 14.3 Å². The molecule has 1 aliphatic heterocycles. The van der Waals surface area contributed by atoms with Crippen LogP contribution in [-0.2, 0) is 11.3 Å². The molecule has 2 aromatic rings. The molecule has 7 heteroatoms. The smallest absolute Gasteiger partial charge is 0.251 e. The Bertz CT molecular complexity index is 925. The monoisotopic (exact) mass is 455 g/mol. The molecule has 1 saturated heterocycles. The van der Waals surface area contributed by atoms with E-state index in [0.29, 0.717) is 11.3 Å². The van der Waals surface area contributed by atoms with Crippen LogP contribution in [0, 0.1) is 12.8 Å². The highest BCUT2D eigenvalue weighted by Gasteiger charge is 2.25. The minimum atomic E-state index is -0.647. The molecular weight excluding hydrogens is 422 g/mol. The molecule has 3 rings (SSSR count). The topological polar surface area (TPSA) is 70.7 Å². The van der Waals surface area contributed by atoms with Gasteiger partial charge in [-0.05, 0) is 54.3 Å². The first-order valence-electron chi connectivity index (χ1n) is 11.0. The van der Waals surface area contributed by atoms with Gasteiger partial charge < -0.3 is 15.4 Å². The van der Waals surface area contributed by atoms with Crippen LogP contribution in [0.15, 0.2) is 42.5 Å². The Balaban J connectivity index is 1.68. The third-order valence-electron chi connectivity index (χ3n) is 5.66. The van der Waals surface area contributed by atoms with E-state index in [9.17, 15) is 9.59 Å². The SMILES string of the molecule is COc1ccc(C(=O)NC(C(=O)Nc2cc(CN3CCSCC3)ccc2C)C(C)C)cc1. The van der Waals surface area contributed by atoms with Crippen molar-refractivity contribution in [3.05, 3.63) is 59.2 Å². The zero-order chi connectivity index (χ0) is 23.1. The molecular formula is C25H33N3O3S. The average Bonchev–Trinajstić information content (AvgIpc) is 2.80. The van der Waals surface area contributed by atoms with E-state index < -0.39 is 6.04 Å². The second-order valence-electron chi connectivity index (χ2n) is 8.45. The summed E-state index contributed by atoms with van der Waals surface area (Å²) < 4.78 is 5.14. The minimum Gasteiger partial charge on any atom is -0.497 e. The summed E-state index contributed by atoms with van der Waals surface area (Å²) in [5, 5.41) is 5.94. The lowest BCUT2D eigenvalue weighted by molar-refractivity contribution is -0.118. The summed E-state index contributed by atoms with van der Waals surface area (Å²) in [6.07, 6.45) is 0. The summed E-state index contributed by atoms with van der Waals surface area (Å²) in [6.45, 7) is 8.90. The lowest BCUT2D eigenvalue weighted by Crippen LogP contribution is -2.47. The van der Waals surface area contributed by atoms with Crippen LogP contribution in [0.1, 0.15) is 35.3 Å². The van der Waals surface area contributed by atoms with Gasteiger partial charge in [0.2, 0.25) is 5.91 Å². The number of nitrogens with one attached hydrogen (secondary N) is 2. The van der Waals surface area contributed by atoms with Crippen molar-refractivity contribution in [1.82, 2.24) is 10.2 Å². The van der Waals surface area contributed by atoms with Gasteiger partial charge in [-0.15, -0.1) is 0 Å². The molecule has 1 unspecified atom stereocenters. The normalized spacial score (nSPS) is 15.3. The van der Waals surface area contributed by atoms with Gasteiger partial charge in [0.1, 0.15) is 11.8 Å². The van der Waals surface area contributed by atoms with Crippen molar-refractivity contribution in [1.29, 1.82) is 0 Å². The molecule has 6 nitrogen and oxygen atoms in total. The number of carbonyl (C=O) groups is 2. The number of anilines is 1. The average molecular weight is 456 g/mol. The largest absolute Gasteiger partial charge is 0.497 e. The first kappa shape index (κ1) is 24.1. The van der Waals surface area contributed by atoms with E-state index in [0.717, 1.165) is 30.9 Å². The molecule has 0 bridgehead atoms. The van der Waals surface area contributed by atoms with Crippen molar-refractivity contribution in [3.8, 4) is 5.75 Å². The second kappa shape index (κ2) is 11.4. The molecule has 0 spiro atoms. The molecule has 1 atom stereocenters. The van der Waals surface area contributed by atoms with E-state index in [1.165, 1.54) is 17.1 Å². The van der Waals surface area contributed by atoms with E-state index in [-0.39, 0.29) is 17.7 Å². The highest BCUT2D eigenvalue weighted by Crippen LogP contribution is 2.21. The maximum absolute atomic E-state index is 13.1. The summed E-state index contributed by atoms with van der Waals surface area (Å²) in [4.78, 5) is 28.3. The van der Waals surface area contributed by atoms with E-state index in [4.69, 9.17) is 4.74 Å². The Labute approximate surface area is 195 Å². The van der Waals surface area contributed by atoms with Gasteiger partial charge in [0.15, 0.2) is 0 Å². The fraction of sp³-hybridized carbons (Fsp3) is 0.440. The molecule has 32 heavy (non-hydrogen) atoms. The number of hydrogen-bond donors (Lipinski definition) is 2. The molecule has 0 saturated carbocycles. The number of benzene rings is 2. The van der Waals surface area contributed by atoms with Crippen LogP contribution in [0.3, 0.4) is 0 Å². The Morgan fingerprint density at radius 2 is 1.78 bits per heavy atom. The predicted molar refractivity (Wildman–Crippen MR) is 131 cm³/mol. The Morgan fingerprint density at radius 3 is 2.41 bits per heavy atom. The molecule has 1 fully saturated rings. The summed E-state index contributed by atoms with van der Waals surface area (Å²) in [5.74, 6) is 2.45. The van der Waals surface area contributed by atoms with Crippen LogP contribution < -0.4 is 15.4 Å². The standard InChI is InChI=1S/C25H33N3O3S/c1-17(2)23(27-24(29)20-7-9-21(31-4)10-8-20)25(30)26-22-15-19(6-5-18(22)3)16-28-11-13-32-14-12-28/h5-10,15,17,23H,11-14,16H2,1-4H3,(H,26,30)(H,27,29). The van der Waals surface area contributed by atoms with Crippen molar-refractivity contribution in [2.45, 2.75) is 33.4 Å². The van der Waals surface area contributed by atoms with Crippen LogP contribution in [0.4, 0.5) is 5.69 Å². The fourth-order valence-corrected chi connectivity index (χ4v) is 4.61. The molecule has 0 aliphatic carbocycles. The Kier molecular flexibility index (Phi) is 8.59. The zero-order valence-corrected chi connectivity index (χ0v) is 20.1.